The molecule has 4 heteroatoms. The first-order chi connectivity index (χ1) is 8.67. The highest BCUT2D eigenvalue weighted by Gasteiger charge is 2.10. The molecule has 0 saturated heterocycles. The average Bonchev–Trinajstić information content (AvgIpc) is 2.42. The van der Waals surface area contributed by atoms with E-state index in [0.717, 1.165) is 5.56 Å². The van der Waals surface area contributed by atoms with E-state index in [2.05, 4.69) is 23.3 Å². The van der Waals surface area contributed by atoms with Crippen molar-refractivity contribution in [1.82, 2.24) is 10.6 Å². The SMILES string of the molecule is C=CCNC(=O)C(C)NCc1ccc(C#N)cc1. The molecule has 0 aliphatic heterocycles. The van der Waals surface area contributed by atoms with E-state index in [1.165, 1.54) is 0 Å². The molecule has 1 rings (SSSR count). The Labute approximate surface area is 107 Å². The first-order valence-electron chi connectivity index (χ1n) is 5.78. The molecular formula is C14H17N3O. The highest BCUT2D eigenvalue weighted by Crippen LogP contribution is 2.03. The summed E-state index contributed by atoms with van der Waals surface area (Å²) in [7, 11) is 0. The van der Waals surface area contributed by atoms with E-state index in [9.17, 15) is 4.79 Å². The molecule has 0 bridgehead atoms. The second-order valence-corrected chi connectivity index (χ2v) is 3.95. The number of nitriles is 1. The summed E-state index contributed by atoms with van der Waals surface area (Å²) in [5, 5.41) is 14.5. The smallest absolute Gasteiger partial charge is 0.237 e. The minimum atomic E-state index is -0.263. The molecular weight excluding hydrogens is 226 g/mol. The fraction of sp³-hybridized carbons (Fsp3) is 0.286. The van der Waals surface area contributed by atoms with Gasteiger partial charge in [-0.05, 0) is 24.6 Å². The fourth-order valence-electron chi connectivity index (χ4n) is 1.39. The van der Waals surface area contributed by atoms with Crippen molar-refractivity contribution in [3.8, 4) is 6.07 Å². The van der Waals surface area contributed by atoms with Gasteiger partial charge < -0.3 is 10.6 Å². The lowest BCUT2D eigenvalue weighted by Crippen LogP contribution is -2.41. The number of hydrogen-bond donors (Lipinski definition) is 2. The molecule has 18 heavy (non-hydrogen) atoms. The van der Waals surface area contributed by atoms with Gasteiger partial charge in [-0.25, -0.2) is 0 Å². The summed E-state index contributed by atoms with van der Waals surface area (Å²) < 4.78 is 0. The summed E-state index contributed by atoms with van der Waals surface area (Å²) in [6.07, 6.45) is 1.64. The Hall–Kier alpha value is -2.12. The Balaban J connectivity index is 2.41. The molecule has 0 saturated carbocycles. The van der Waals surface area contributed by atoms with Crippen molar-refractivity contribution in [2.75, 3.05) is 6.54 Å². The van der Waals surface area contributed by atoms with Crippen LogP contribution in [0.3, 0.4) is 0 Å². The van der Waals surface area contributed by atoms with Gasteiger partial charge in [0.05, 0.1) is 17.7 Å². The molecule has 1 aromatic carbocycles. The van der Waals surface area contributed by atoms with Crippen LogP contribution in [0.5, 0.6) is 0 Å². The minimum absolute atomic E-state index is 0.0523. The van der Waals surface area contributed by atoms with E-state index in [1.807, 2.05) is 19.1 Å². The van der Waals surface area contributed by atoms with Crippen LogP contribution >= 0.6 is 0 Å². The zero-order chi connectivity index (χ0) is 13.4. The molecule has 1 aromatic rings. The van der Waals surface area contributed by atoms with Crippen molar-refractivity contribution in [1.29, 1.82) is 5.26 Å². The van der Waals surface area contributed by atoms with Crippen LogP contribution in [0, 0.1) is 11.3 Å². The zero-order valence-corrected chi connectivity index (χ0v) is 10.4. The number of hydrogen-bond acceptors (Lipinski definition) is 3. The summed E-state index contributed by atoms with van der Waals surface area (Å²) in [5.74, 6) is -0.0523. The third-order valence-corrected chi connectivity index (χ3v) is 2.51. The number of amides is 1. The highest BCUT2D eigenvalue weighted by atomic mass is 16.2. The second-order valence-electron chi connectivity index (χ2n) is 3.95. The number of nitrogens with zero attached hydrogens (tertiary/aromatic N) is 1. The molecule has 94 valence electrons. The maximum Gasteiger partial charge on any atom is 0.237 e. The van der Waals surface area contributed by atoms with Gasteiger partial charge >= 0.3 is 0 Å². The summed E-state index contributed by atoms with van der Waals surface area (Å²) in [6.45, 7) is 6.41. The minimum Gasteiger partial charge on any atom is -0.351 e. The number of carbonyl (C=O) groups is 1. The summed E-state index contributed by atoms with van der Waals surface area (Å²) in [6, 6.07) is 9.08. The van der Waals surface area contributed by atoms with E-state index in [-0.39, 0.29) is 11.9 Å². The molecule has 2 N–H and O–H groups in total. The van der Waals surface area contributed by atoms with E-state index in [1.54, 1.807) is 18.2 Å². The summed E-state index contributed by atoms with van der Waals surface area (Å²) in [5.41, 5.74) is 1.67. The molecule has 1 amide bonds. The molecule has 0 aromatic heterocycles. The predicted molar refractivity (Wildman–Crippen MR) is 70.7 cm³/mol. The van der Waals surface area contributed by atoms with Crippen molar-refractivity contribution in [3.05, 3.63) is 48.0 Å². The summed E-state index contributed by atoms with van der Waals surface area (Å²) in [4.78, 5) is 11.6. The van der Waals surface area contributed by atoms with Gasteiger partial charge in [-0.15, -0.1) is 6.58 Å². The average molecular weight is 243 g/mol. The van der Waals surface area contributed by atoms with Gasteiger partial charge in [-0.2, -0.15) is 5.26 Å². The molecule has 0 aliphatic rings. The standard InChI is InChI=1S/C14H17N3O/c1-3-8-16-14(18)11(2)17-10-13-6-4-12(9-15)5-7-13/h3-7,11,17H,1,8,10H2,2H3,(H,16,18). The normalized spacial score (nSPS) is 11.3. The van der Waals surface area contributed by atoms with Crippen LogP contribution in [0.25, 0.3) is 0 Å². The quantitative estimate of drug-likeness (QED) is 0.741. The molecule has 1 atom stereocenters. The first kappa shape index (κ1) is 13.9. The van der Waals surface area contributed by atoms with E-state index in [4.69, 9.17) is 5.26 Å². The van der Waals surface area contributed by atoms with Crippen LogP contribution in [-0.4, -0.2) is 18.5 Å². The molecule has 0 fully saturated rings. The van der Waals surface area contributed by atoms with Crippen LogP contribution in [0.15, 0.2) is 36.9 Å². The molecule has 0 radical (unpaired) electrons. The summed E-state index contributed by atoms with van der Waals surface area (Å²) >= 11 is 0. The topological polar surface area (TPSA) is 64.9 Å². The zero-order valence-electron chi connectivity index (χ0n) is 10.4. The monoisotopic (exact) mass is 243 g/mol. The molecule has 0 heterocycles. The number of carbonyl (C=O) groups excluding carboxylic acids is 1. The Morgan fingerprint density at radius 1 is 1.50 bits per heavy atom. The molecule has 1 unspecified atom stereocenters. The van der Waals surface area contributed by atoms with Crippen LogP contribution in [-0.2, 0) is 11.3 Å². The van der Waals surface area contributed by atoms with Crippen molar-refractivity contribution < 1.29 is 4.79 Å². The Bertz CT molecular complexity index is 445. The van der Waals surface area contributed by atoms with Crippen molar-refractivity contribution in [2.24, 2.45) is 0 Å². The molecule has 0 aliphatic carbocycles. The maximum atomic E-state index is 11.6. The van der Waals surface area contributed by atoms with Crippen LogP contribution in [0.4, 0.5) is 0 Å². The number of nitrogens with one attached hydrogen (secondary N) is 2. The van der Waals surface area contributed by atoms with Gasteiger partial charge in [0.1, 0.15) is 0 Å². The van der Waals surface area contributed by atoms with E-state index >= 15 is 0 Å². The number of rotatable bonds is 6. The van der Waals surface area contributed by atoms with Gasteiger partial charge in [-0.3, -0.25) is 4.79 Å². The number of benzene rings is 1. The van der Waals surface area contributed by atoms with E-state index < -0.39 is 0 Å². The van der Waals surface area contributed by atoms with Crippen LogP contribution in [0.2, 0.25) is 0 Å². The molecule has 0 spiro atoms. The third kappa shape index (κ3) is 4.40. The van der Waals surface area contributed by atoms with Crippen LogP contribution < -0.4 is 10.6 Å². The lowest BCUT2D eigenvalue weighted by atomic mass is 10.1. The van der Waals surface area contributed by atoms with Gasteiger partial charge in [0.15, 0.2) is 0 Å². The fourth-order valence-corrected chi connectivity index (χ4v) is 1.39. The van der Waals surface area contributed by atoms with Crippen molar-refractivity contribution >= 4 is 5.91 Å². The Morgan fingerprint density at radius 3 is 2.72 bits per heavy atom. The third-order valence-electron chi connectivity index (χ3n) is 2.51. The van der Waals surface area contributed by atoms with Crippen molar-refractivity contribution in [3.63, 3.8) is 0 Å². The molecule has 4 nitrogen and oxygen atoms in total. The Kier molecular flexibility index (Phi) is 5.62. The van der Waals surface area contributed by atoms with Gasteiger partial charge in [0.2, 0.25) is 5.91 Å². The largest absolute Gasteiger partial charge is 0.351 e. The lowest BCUT2D eigenvalue weighted by Gasteiger charge is -2.13. The predicted octanol–water partition coefficient (Wildman–Crippen LogP) is 1.34. The first-order valence-corrected chi connectivity index (χ1v) is 5.78. The lowest BCUT2D eigenvalue weighted by molar-refractivity contribution is -0.122. The van der Waals surface area contributed by atoms with Gasteiger partial charge in [0, 0.05) is 13.1 Å². The van der Waals surface area contributed by atoms with Crippen LogP contribution in [0.1, 0.15) is 18.1 Å². The second kappa shape index (κ2) is 7.25. The van der Waals surface area contributed by atoms with Gasteiger partial charge in [-0.1, -0.05) is 18.2 Å². The van der Waals surface area contributed by atoms with Gasteiger partial charge in [0.25, 0.3) is 0 Å². The Morgan fingerprint density at radius 2 is 2.17 bits per heavy atom. The van der Waals surface area contributed by atoms with E-state index in [0.29, 0.717) is 18.7 Å². The van der Waals surface area contributed by atoms with Crippen molar-refractivity contribution in [2.45, 2.75) is 19.5 Å². The highest BCUT2D eigenvalue weighted by molar-refractivity contribution is 5.81. The maximum absolute atomic E-state index is 11.6.